The zero-order chi connectivity index (χ0) is 27.3. The highest BCUT2D eigenvalue weighted by atomic mass is 32.2. The minimum atomic E-state index is -0.418. The number of likely N-dealkylation sites (N-methyl/N-ethyl adjacent to an activating group) is 1. The number of fused-ring (bicyclic) bond motifs is 1. The number of anilines is 1. The van der Waals surface area contributed by atoms with Crippen LogP contribution >= 0.6 is 23.3 Å². The number of carbonyl (C=O) groups excluding carboxylic acids is 1. The van der Waals surface area contributed by atoms with Gasteiger partial charge in [0.25, 0.3) is 0 Å². The highest BCUT2D eigenvalue weighted by molar-refractivity contribution is 7.97. The number of hydrogen-bond donors (Lipinski definition) is 2. The number of aromatic nitrogens is 4. The van der Waals surface area contributed by atoms with Crippen molar-refractivity contribution in [2.75, 3.05) is 38.1 Å². The Hall–Kier alpha value is -2.56. The standard InChI is InChI=1S/C22H26N8S2.C5H9NO/c1-21(3-4-21)27-32-15-11-16(29-9-7-28(2)8-10-29)17-12-24-18(30(17)13-15)19-25-26-20(31-19)22(14-23)5-6-22;6-5(4-7)2-1-3-5/h11-13,27H,3-10H2,1-2H3;4H,1-3,6H2. The summed E-state index contributed by atoms with van der Waals surface area (Å²) in [6.07, 6.45) is 12.0. The van der Waals surface area contributed by atoms with Gasteiger partial charge in [0.2, 0.25) is 0 Å². The Morgan fingerprint density at radius 1 is 1.15 bits per heavy atom. The molecule has 206 valence electrons. The molecule has 0 spiro atoms. The predicted molar refractivity (Wildman–Crippen MR) is 154 cm³/mol. The summed E-state index contributed by atoms with van der Waals surface area (Å²) in [5, 5.41) is 19.9. The molecule has 1 aliphatic heterocycles. The lowest BCUT2D eigenvalue weighted by atomic mass is 9.79. The normalized spacial score (nSPS) is 22.4. The van der Waals surface area contributed by atoms with Gasteiger partial charge in [-0.3, -0.25) is 9.12 Å². The molecule has 0 amide bonds. The van der Waals surface area contributed by atoms with Crippen molar-refractivity contribution in [2.45, 2.75) is 73.3 Å². The van der Waals surface area contributed by atoms with E-state index in [1.165, 1.54) is 34.8 Å². The molecule has 0 bridgehead atoms. The van der Waals surface area contributed by atoms with E-state index in [0.29, 0.717) is 0 Å². The van der Waals surface area contributed by atoms with Gasteiger partial charge in [-0.15, -0.1) is 10.2 Å². The Bertz CT molecular complexity index is 1410. The molecule has 3 saturated carbocycles. The molecule has 3 aliphatic carbocycles. The number of imidazole rings is 1. The van der Waals surface area contributed by atoms with Crippen molar-refractivity contribution in [3.63, 3.8) is 0 Å². The molecule has 4 fully saturated rings. The maximum absolute atomic E-state index is 9.98. The maximum atomic E-state index is 9.98. The zero-order valence-corrected chi connectivity index (χ0v) is 24.2. The number of hydrogen-bond acceptors (Lipinski definition) is 11. The monoisotopic (exact) mass is 565 g/mol. The fourth-order valence-electron chi connectivity index (χ4n) is 4.75. The van der Waals surface area contributed by atoms with E-state index < -0.39 is 11.0 Å². The second kappa shape index (κ2) is 10.1. The van der Waals surface area contributed by atoms with E-state index in [-0.39, 0.29) is 5.54 Å². The fraction of sp³-hybridized carbons (Fsp3) is 0.593. The summed E-state index contributed by atoms with van der Waals surface area (Å²) in [5.41, 5.74) is 7.15. The van der Waals surface area contributed by atoms with Gasteiger partial charge in [0.05, 0.1) is 29.0 Å². The molecule has 0 unspecified atom stereocenters. The molecule has 12 heteroatoms. The van der Waals surface area contributed by atoms with E-state index in [4.69, 9.17) is 10.7 Å². The molecular formula is C27H35N9OS2. The van der Waals surface area contributed by atoms with Crippen LogP contribution in [-0.4, -0.2) is 75.1 Å². The van der Waals surface area contributed by atoms with Gasteiger partial charge < -0.3 is 20.3 Å². The maximum Gasteiger partial charge on any atom is 0.183 e. The van der Waals surface area contributed by atoms with Crippen molar-refractivity contribution < 1.29 is 4.79 Å². The number of pyridine rings is 1. The molecular weight excluding hydrogens is 530 g/mol. The van der Waals surface area contributed by atoms with Gasteiger partial charge in [-0.2, -0.15) is 5.26 Å². The average Bonchev–Trinajstić information content (AvgIpc) is 3.77. The smallest absolute Gasteiger partial charge is 0.183 e. The molecule has 0 radical (unpaired) electrons. The summed E-state index contributed by atoms with van der Waals surface area (Å²) in [4.78, 5) is 20.7. The third-order valence-corrected chi connectivity index (χ3v) is 10.5. The summed E-state index contributed by atoms with van der Waals surface area (Å²) in [7, 11) is 2.18. The van der Waals surface area contributed by atoms with Crippen LogP contribution in [0.3, 0.4) is 0 Å². The fourth-order valence-corrected chi connectivity index (χ4v) is 6.68. The van der Waals surface area contributed by atoms with E-state index >= 15 is 0 Å². The number of nitrogens with zero attached hydrogens (tertiary/aromatic N) is 7. The Kier molecular flexibility index (Phi) is 6.92. The lowest BCUT2D eigenvalue weighted by Gasteiger charge is -2.34. The van der Waals surface area contributed by atoms with Gasteiger partial charge in [-0.1, -0.05) is 11.3 Å². The lowest BCUT2D eigenvalue weighted by Crippen LogP contribution is -2.47. The van der Waals surface area contributed by atoms with Gasteiger partial charge in [0, 0.05) is 42.8 Å². The van der Waals surface area contributed by atoms with Gasteiger partial charge in [-0.05, 0) is 76.9 Å². The summed E-state index contributed by atoms with van der Waals surface area (Å²) in [5.74, 6) is 0.799. The van der Waals surface area contributed by atoms with Gasteiger partial charge in [0.15, 0.2) is 10.8 Å². The number of carbonyl (C=O) groups is 1. The molecule has 39 heavy (non-hydrogen) atoms. The average molecular weight is 566 g/mol. The second-order valence-corrected chi connectivity index (χ2v) is 13.6. The highest BCUT2D eigenvalue weighted by Gasteiger charge is 2.48. The Balaban J connectivity index is 0.000000346. The summed E-state index contributed by atoms with van der Waals surface area (Å²) in [6.45, 7) is 6.38. The van der Waals surface area contributed by atoms with Crippen molar-refractivity contribution in [3.05, 3.63) is 23.5 Å². The van der Waals surface area contributed by atoms with E-state index in [0.717, 1.165) is 85.9 Å². The Morgan fingerprint density at radius 3 is 2.46 bits per heavy atom. The number of piperazine rings is 1. The number of nitrogens with one attached hydrogen (secondary N) is 1. The first-order chi connectivity index (χ1) is 18.8. The van der Waals surface area contributed by atoms with Crippen LogP contribution in [0.1, 0.15) is 56.9 Å². The number of nitriles is 1. The molecule has 0 aromatic carbocycles. The largest absolute Gasteiger partial charge is 0.367 e. The van der Waals surface area contributed by atoms with E-state index in [1.54, 1.807) is 11.9 Å². The minimum absolute atomic E-state index is 0.245. The third-order valence-electron chi connectivity index (χ3n) is 8.36. The van der Waals surface area contributed by atoms with Gasteiger partial charge >= 0.3 is 0 Å². The van der Waals surface area contributed by atoms with Crippen molar-refractivity contribution in [3.8, 4) is 16.9 Å². The molecule has 4 heterocycles. The van der Waals surface area contributed by atoms with Gasteiger partial charge in [0.1, 0.15) is 16.7 Å². The highest BCUT2D eigenvalue weighted by Crippen LogP contribution is 2.49. The molecule has 10 nitrogen and oxygen atoms in total. The van der Waals surface area contributed by atoms with E-state index in [1.807, 2.05) is 6.20 Å². The Labute approximate surface area is 237 Å². The summed E-state index contributed by atoms with van der Waals surface area (Å²) >= 11 is 3.21. The van der Waals surface area contributed by atoms with Crippen LogP contribution in [0.5, 0.6) is 0 Å². The molecule has 1 saturated heterocycles. The van der Waals surface area contributed by atoms with E-state index in [9.17, 15) is 10.1 Å². The van der Waals surface area contributed by atoms with Crippen LogP contribution in [0.4, 0.5) is 5.69 Å². The van der Waals surface area contributed by atoms with Crippen LogP contribution in [-0.2, 0) is 10.2 Å². The first-order valence-electron chi connectivity index (χ1n) is 13.6. The zero-order valence-electron chi connectivity index (χ0n) is 22.5. The SMILES string of the molecule is CN1CCN(c2cc(SNC3(C)CC3)cn3c(-c4nnc(C5(C#N)CC5)s4)ncc23)CC1.NC1(C=O)CCC1. The van der Waals surface area contributed by atoms with Crippen molar-refractivity contribution >= 4 is 40.8 Å². The first kappa shape index (κ1) is 26.7. The minimum Gasteiger partial charge on any atom is -0.367 e. The van der Waals surface area contributed by atoms with Crippen molar-refractivity contribution in [2.24, 2.45) is 5.73 Å². The molecule has 0 atom stereocenters. The van der Waals surface area contributed by atoms with Crippen LogP contribution < -0.4 is 15.4 Å². The molecule has 3 aromatic heterocycles. The first-order valence-corrected chi connectivity index (χ1v) is 15.3. The topological polar surface area (TPSA) is 128 Å². The van der Waals surface area contributed by atoms with Crippen LogP contribution in [0.2, 0.25) is 0 Å². The number of nitrogens with two attached hydrogens (primary N) is 1. The van der Waals surface area contributed by atoms with E-state index in [2.05, 4.69) is 61.4 Å². The number of aldehydes is 1. The Morgan fingerprint density at radius 2 is 1.90 bits per heavy atom. The van der Waals surface area contributed by atoms with Crippen LogP contribution in [0.25, 0.3) is 16.3 Å². The van der Waals surface area contributed by atoms with Crippen LogP contribution in [0.15, 0.2) is 23.4 Å². The van der Waals surface area contributed by atoms with Crippen molar-refractivity contribution in [1.29, 1.82) is 5.26 Å². The van der Waals surface area contributed by atoms with Gasteiger partial charge in [-0.25, -0.2) is 4.98 Å². The van der Waals surface area contributed by atoms with Crippen LogP contribution in [0, 0.1) is 11.3 Å². The van der Waals surface area contributed by atoms with Crippen molar-refractivity contribution in [1.82, 2.24) is 29.2 Å². The molecule has 7 rings (SSSR count). The quantitative estimate of drug-likeness (QED) is 0.325. The predicted octanol–water partition coefficient (Wildman–Crippen LogP) is 3.38. The molecule has 3 N–H and O–H groups in total. The lowest BCUT2D eigenvalue weighted by molar-refractivity contribution is -0.114. The molecule has 3 aromatic rings. The third kappa shape index (κ3) is 5.43. The summed E-state index contributed by atoms with van der Waals surface area (Å²) < 4.78 is 5.79. The summed E-state index contributed by atoms with van der Waals surface area (Å²) in [6, 6.07) is 4.71. The molecule has 4 aliphatic rings. The second-order valence-electron chi connectivity index (χ2n) is 11.8. The number of rotatable bonds is 7.